The van der Waals surface area contributed by atoms with Gasteiger partial charge in [-0.25, -0.2) is 14.5 Å². The molecule has 0 bridgehead atoms. The molecule has 0 aromatic carbocycles. The van der Waals surface area contributed by atoms with Crippen molar-refractivity contribution in [2.24, 2.45) is 16.6 Å². The zero-order chi connectivity index (χ0) is 21.0. The van der Waals surface area contributed by atoms with Crippen molar-refractivity contribution in [2.75, 3.05) is 0 Å². The van der Waals surface area contributed by atoms with Gasteiger partial charge < -0.3 is 20.3 Å². The summed E-state index contributed by atoms with van der Waals surface area (Å²) >= 11 is 0. The van der Waals surface area contributed by atoms with Crippen molar-refractivity contribution in [3.63, 3.8) is 0 Å². The second kappa shape index (κ2) is 8.58. The van der Waals surface area contributed by atoms with Crippen LogP contribution in [0.4, 0.5) is 9.59 Å². The van der Waals surface area contributed by atoms with Crippen molar-refractivity contribution in [1.82, 2.24) is 4.90 Å². The van der Waals surface area contributed by atoms with Crippen LogP contribution in [0.15, 0.2) is 4.99 Å². The number of aliphatic imine (C=N–C) groups is 1. The van der Waals surface area contributed by atoms with Crippen LogP contribution in [0.3, 0.4) is 0 Å². The average Bonchev–Trinajstić information content (AvgIpc) is 2.43. The Bertz CT molecular complexity index is 595. The Hall–Kier alpha value is -2.32. The molecule has 0 spiro atoms. The molecule has 0 saturated heterocycles. The van der Waals surface area contributed by atoms with Gasteiger partial charge in [0.1, 0.15) is 11.2 Å². The molecule has 1 aliphatic carbocycles. The van der Waals surface area contributed by atoms with E-state index in [4.69, 9.17) is 20.3 Å². The third-order valence-corrected chi connectivity index (χ3v) is 3.85. The van der Waals surface area contributed by atoms with Gasteiger partial charge in [0.15, 0.2) is 0 Å². The first-order valence-corrected chi connectivity index (χ1v) is 9.02. The normalized spacial score (nSPS) is 21.3. The quantitative estimate of drug-likeness (QED) is 0.551. The number of nitrogens with two attached hydrogens (primary N) is 1. The van der Waals surface area contributed by atoms with Gasteiger partial charge in [0.05, 0.1) is 5.92 Å². The molecule has 0 aliphatic heterocycles. The number of guanidine groups is 1. The lowest BCUT2D eigenvalue weighted by Crippen LogP contribution is -2.52. The molecule has 1 fully saturated rings. The van der Waals surface area contributed by atoms with Gasteiger partial charge in [0, 0.05) is 6.04 Å². The van der Waals surface area contributed by atoms with Crippen LogP contribution in [-0.2, 0) is 14.3 Å². The molecule has 3 N–H and O–H groups in total. The third-order valence-electron chi connectivity index (χ3n) is 3.85. The van der Waals surface area contributed by atoms with Crippen LogP contribution >= 0.6 is 0 Å². The molecular formula is C18H31N3O6. The molecule has 2 amide bonds. The standard InChI is InChI=1S/C18H31N3O6/c1-17(2,3)26-15(24)20-14(19)21(16(25)27-18(4,5)6)12-9-7-11(8-10-12)13(22)23/h11-12H,7-10H2,1-6H3,(H,22,23)(H2,19,20,24). The highest BCUT2D eigenvalue weighted by Gasteiger charge is 2.36. The fourth-order valence-corrected chi connectivity index (χ4v) is 2.75. The molecule has 0 radical (unpaired) electrons. The summed E-state index contributed by atoms with van der Waals surface area (Å²) in [4.78, 5) is 40.6. The summed E-state index contributed by atoms with van der Waals surface area (Å²) in [7, 11) is 0. The van der Waals surface area contributed by atoms with E-state index < -0.39 is 41.3 Å². The van der Waals surface area contributed by atoms with Crippen LogP contribution in [0.5, 0.6) is 0 Å². The minimum absolute atomic E-state index is 0.322. The average molecular weight is 385 g/mol. The van der Waals surface area contributed by atoms with Gasteiger partial charge in [0.2, 0.25) is 5.96 Å². The van der Waals surface area contributed by atoms with E-state index in [2.05, 4.69) is 4.99 Å². The molecule has 9 nitrogen and oxygen atoms in total. The summed E-state index contributed by atoms with van der Waals surface area (Å²) in [5.41, 5.74) is 4.42. The summed E-state index contributed by atoms with van der Waals surface area (Å²) in [6.45, 7) is 10.2. The van der Waals surface area contributed by atoms with E-state index >= 15 is 0 Å². The van der Waals surface area contributed by atoms with Crippen molar-refractivity contribution in [3.8, 4) is 0 Å². The van der Waals surface area contributed by atoms with E-state index in [0.29, 0.717) is 25.7 Å². The molecule has 9 heteroatoms. The summed E-state index contributed by atoms with van der Waals surface area (Å²) < 4.78 is 10.5. The molecule has 1 rings (SSSR count). The zero-order valence-corrected chi connectivity index (χ0v) is 16.9. The molecule has 1 saturated carbocycles. The van der Waals surface area contributed by atoms with Gasteiger partial charge in [-0.15, -0.1) is 4.99 Å². The highest BCUT2D eigenvalue weighted by molar-refractivity contribution is 5.98. The van der Waals surface area contributed by atoms with E-state index in [1.807, 2.05) is 0 Å². The predicted octanol–water partition coefficient (Wildman–Crippen LogP) is 3.12. The predicted molar refractivity (Wildman–Crippen MR) is 99.3 cm³/mol. The Morgan fingerprint density at radius 3 is 1.85 bits per heavy atom. The molecule has 154 valence electrons. The maximum Gasteiger partial charge on any atom is 0.437 e. The fraction of sp³-hybridized carbons (Fsp3) is 0.778. The lowest BCUT2D eigenvalue weighted by Gasteiger charge is -2.35. The second-order valence-corrected chi connectivity index (χ2v) is 8.64. The van der Waals surface area contributed by atoms with Crippen molar-refractivity contribution < 1.29 is 29.0 Å². The first-order valence-electron chi connectivity index (χ1n) is 9.02. The van der Waals surface area contributed by atoms with Gasteiger partial charge >= 0.3 is 18.2 Å². The zero-order valence-electron chi connectivity index (χ0n) is 16.9. The summed E-state index contributed by atoms with van der Waals surface area (Å²) in [5.74, 6) is -1.63. The van der Waals surface area contributed by atoms with E-state index in [0.717, 1.165) is 4.90 Å². The van der Waals surface area contributed by atoms with Gasteiger partial charge in [0.25, 0.3) is 0 Å². The smallest absolute Gasteiger partial charge is 0.437 e. The monoisotopic (exact) mass is 385 g/mol. The third kappa shape index (κ3) is 7.84. The van der Waals surface area contributed by atoms with Crippen LogP contribution in [0.1, 0.15) is 67.2 Å². The largest absolute Gasteiger partial charge is 0.481 e. The Morgan fingerprint density at radius 1 is 0.963 bits per heavy atom. The topological polar surface area (TPSA) is 132 Å². The first-order chi connectivity index (χ1) is 12.2. The summed E-state index contributed by atoms with van der Waals surface area (Å²) in [6.07, 6.45) is -0.00152. The summed E-state index contributed by atoms with van der Waals surface area (Å²) in [5, 5.41) is 9.15. The number of aliphatic carboxylic acids is 1. The van der Waals surface area contributed by atoms with Gasteiger partial charge in [-0.2, -0.15) is 0 Å². The SMILES string of the molecule is CC(C)(C)OC(=O)/N=C(\N)N(C(=O)OC(C)(C)C)C1CCC(C(=O)O)CC1. The molecular weight excluding hydrogens is 354 g/mol. The Kier molecular flexibility index (Phi) is 7.22. The van der Waals surface area contributed by atoms with Crippen molar-refractivity contribution in [3.05, 3.63) is 0 Å². The van der Waals surface area contributed by atoms with E-state index in [1.165, 1.54) is 0 Å². The number of amides is 2. The number of carbonyl (C=O) groups is 3. The van der Waals surface area contributed by atoms with Crippen LogP contribution in [0, 0.1) is 5.92 Å². The number of carbonyl (C=O) groups excluding carboxylic acids is 2. The number of carboxylic acids is 1. The molecule has 1 aliphatic rings. The van der Waals surface area contributed by atoms with Gasteiger partial charge in [-0.1, -0.05) is 0 Å². The number of rotatable bonds is 2. The number of ether oxygens (including phenoxy) is 2. The maximum atomic E-state index is 12.7. The number of hydrogen-bond donors (Lipinski definition) is 2. The van der Waals surface area contributed by atoms with Crippen LogP contribution in [0.25, 0.3) is 0 Å². The molecule has 0 heterocycles. The molecule has 0 aromatic rings. The van der Waals surface area contributed by atoms with Crippen LogP contribution in [-0.4, -0.2) is 51.4 Å². The van der Waals surface area contributed by atoms with Crippen molar-refractivity contribution in [1.29, 1.82) is 0 Å². The van der Waals surface area contributed by atoms with Crippen LogP contribution in [0.2, 0.25) is 0 Å². The number of carboxylic acid groups (broad SMARTS) is 1. The first kappa shape index (κ1) is 22.7. The molecule has 27 heavy (non-hydrogen) atoms. The van der Waals surface area contributed by atoms with Crippen molar-refractivity contribution in [2.45, 2.75) is 84.5 Å². The number of hydrogen-bond acceptors (Lipinski definition) is 5. The lowest BCUT2D eigenvalue weighted by molar-refractivity contribution is -0.143. The van der Waals surface area contributed by atoms with E-state index in [-0.39, 0.29) is 5.96 Å². The molecule has 0 atom stereocenters. The van der Waals surface area contributed by atoms with Crippen molar-refractivity contribution >= 4 is 24.1 Å². The Balaban J connectivity index is 3.02. The molecule has 0 unspecified atom stereocenters. The lowest BCUT2D eigenvalue weighted by atomic mass is 9.85. The highest BCUT2D eigenvalue weighted by Crippen LogP contribution is 2.29. The Morgan fingerprint density at radius 2 is 1.44 bits per heavy atom. The highest BCUT2D eigenvalue weighted by atomic mass is 16.6. The fourth-order valence-electron chi connectivity index (χ4n) is 2.75. The second-order valence-electron chi connectivity index (χ2n) is 8.64. The minimum Gasteiger partial charge on any atom is -0.481 e. The maximum absolute atomic E-state index is 12.7. The van der Waals surface area contributed by atoms with E-state index in [9.17, 15) is 14.4 Å². The van der Waals surface area contributed by atoms with Gasteiger partial charge in [-0.3, -0.25) is 4.79 Å². The Labute approximate surface area is 159 Å². The minimum atomic E-state index is -0.909. The summed E-state index contributed by atoms with van der Waals surface area (Å²) in [6, 6.07) is -0.401. The van der Waals surface area contributed by atoms with Crippen LogP contribution < -0.4 is 5.73 Å². The molecule has 0 aromatic heterocycles. The number of nitrogens with zero attached hydrogens (tertiary/aromatic N) is 2. The van der Waals surface area contributed by atoms with E-state index in [1.54, 1.807) is 41.5 Å². The van der Waals surface area contributed by atoms with Gasteiger partial charge in [-0.05, 0) is 67.2 Å².